The minimum Gasteiger partial charge on any atom is -0.311 e. The Labute approximate surface area is 235 Å². The Kier molecular flexibility index (Phi) is 4.45. The van der Waals surface area contributed by atoms with Crippen molar-refractivity contribution in [1.29, 1.82) is 0 Å². The van der Waals surface area contributed by atoms with Crippen LogP contribution in [0.15, 0.2) is 85.1 Å². The minimum absolute atomic E-state index is 0.0305. The normalized spacial score (nSPS) is 14.6. The average Bonchev–Trinajstić information content (AvgIpc) is 3.52. The standard InChI is InChI=1S/C38H35N2/c1-22-23-13-8-9-14-24(23)30(37(2,3)4)21-29(22)35-33-27(19-20-39(35)7)32-28-17-12-16-26-25-15-10-11-18-31(25)40(34(26)28)36(32)38(33,5)6/h8-21H,1-7H3/q+1. The summed E-state index contributed by atoms with van der Waals surface area (Å²) >= 11 is 0. The van der Waals surface area contributed by atoms with Gasteiger partial charge in [-0.3, -0.25) is 0 Å². The maximum Gasteiger partial charge on any atom is 0.217 e. The third-order valence-corrected chi connectivity index (χ3v) is 9.61. The monoisotopic (exact) mass is 519 g/mol. The van der Waals surface area contributed by atoms with E-state index in [1.54, 1.807) is 0 Å². The Morgan fingerprint density at radius 2 is 1.38 bits per heavy atom. The van der Waals surface area contributed by atoms with Gasteiger partial charge in [-0.05, 0) is 60.2 Å². The quantitative estimate of drug-likeness (QED) is 0.191. The van der Waals surface area contributed by atoms with Gasteiger partial charge >= 0.3 is 0 Å². The van der Waals surface area contributed by atoms with Gasteiger partial charge in [0.15, 0.2) is 6.20 Å². The molecule has 8 rings (SSSR count). The van der Waals surface area contributed by atoms with Gasteiger partial charge in [0.05, 0.1) is 16.6 Å². The summed E-state index contributed by atoms with van der Waals surface area (Å²) in [4.78, 5) is 0. The molecule has 0 amide bonds. The first-order valence-corrected chi connectivity index (χ1v) is 14.4. The van der Waals surface area contributed by atoms with Gasteiger partial charge in [-0.2, -0.15) is 0 Å². The lowest BCUT2D eigenvalue weighted by atomic mass is 9.78. The van der Waals surface area contributed by atoms with Crippen LogP contribution in [0.3, 0.4) is 0 Å². The Hall–Kier alpha value is -4.17. The molecule has 0 unspecified atom stereocenters. The summed E-state index contributed by atoms with van der Waals surface area (Å²) in [5, 5.41) is 6.76. The molecule has 0 bridgehead atoms. The first kappa shape index (κ1) is 23.7. The molecular formula is C38H35N2+. The van der Waals surface area contributed by atoms with Gasteiger partial charge in [0, 0.05) is 50.0 Å². The van der Waals surface area contributed by atoms with Gasteiger partial charge in [0.1, 0.15) is 7.05 Å². The molecule has 2 heteroatoms. The van der Waals surface area contributed by atoms with E-state index in [4.69, 9.17) is 0 Å². The van der Waals surface area contributed by atoms with Crippen LogP contribution in [0.4, 0.5) is 0 Å². The molecule has 40 heavy (non-hydrogen) atoms. The molecule has 0 N–H and O–H groups in total. The zero-order valence-electron chi connectivity index (χ0n) is 24.5. The van der Waals surface area contributed by atoms with Crippen LogP contribution in [0.5, 0.6) is 0 Å². The van der Waals surface area contributed by atoms with E-state index in [0.29, 0.717) is 0 Å². The van der Waals surface area contributed by atoms with E-state index in [9.17, 15) is 0 Å². The van der Waals surface area contributed by atoms with Crippen LogP contribution in [-0.4, -0.2) is 4.40 Å². The maximum absolute atomic E-state index is 2.58. The fraction of sp³-hybridized carbons (Fsp3) is 0.237. The van der Waals surface area contributed by atoms with Crippen LogP contribution in [0, 0.1) is 6.92 Å². The second-order valence-corrected chi connectivity index (χ2v) is 13.4. The number of aryl methyl sites for hydroxylation is 2. The van der Waals surface area contributed by atoms with Gasteiger partial charge in [-0.15, -0.1) is 0 Å². The predicted molar refractivity (Wildman–Crippen MR) is 169 cm³/mol. The highest BCUT2D eigenvalue weighted by atomic mass is 15.0. The van der Waals surface area contributed by atoms with Gasteiger partial charge in [0.25, 0.3) is 0 Å². The fourth-order valence-electron chi connectivity index (χ4n) is 7.88. The largest absolute Gasteiger partial charge is 0.311 e. The molecule has 0 spiro atoms. The van der Waals surface area contributed by atoms with Gasteiger partial charge in [0.2, 0.25) is 5.69 Å². The molecule has 0 fully saturated rings. The number of nitrogens with zero attached hydrogens (tertiary/aromatic N) is 2. The summed E-state index contributed by atoms with van der Waals surface area (Å²) in [6.45, 7) is 14.2. The van der Waals surface area contributed by atoms with Crippen molar-refractivity contribution in [2.24, 2.45) is 7.05 Å². The number of fused-ring (bicyclic) bond motifs is 9. The molecule has 1 aliphatic rings. The SMILES string of the molecule is Cc1c(-c2c3c(cc[n+]2C)-c2c(n4c5ccccc5c5cccc2c54)C3(C)C)cc(C(C)(C)C)c2ccccc12. The first-order valence-electron chi connectivity index (χ1n) is 14.4. The van der Waals surface area contributed by atoms with Crippen LogP contribution in [0.2, 0.25) is 0 Å². The molecule has 1 aliphatic carbocycles. The molecule has 0 radical (unpaired) electrons. The van der Waals surface area contributed by atoms with E-state index in [0.717, 1.165) is 0 Å². The molecule has 4 aromatic carbocycles. The summed E-state index contributed by atoms with van der Waals surface area (Å²) in [6.07, 6.45) is 2.28. The summed E-state index contributed by atoms with van der Waals surface area (Å²) in [5.74, 6) is 0. The minimum atomic E-state index is -0.188. The number of para-hydroxylation sites is 2. The topological polar surface area (TPSA) is 8.29 Å². The Bertz CT molecular complexity index is 2180. The Morgan fingerprint density at radius 3 is 2.12 bits per heavy atom. The third kappa shape index (κ3) is 2.77. The van der Waals surface area contributed by atoms with Crippen molar-refractivity contribution < 1.29 is 4.57 Å². The van der Waals surface area contributed by atoms with Crippen molar-refractivity contribution >= 4 is 38.0 Å². The van der Waals surface area contributed by atoms with Crippen LogP contribution in [-0.2, 0) is 17.9 Å². The lowest BCUT2D eigenvalue weighted by Crippen LogP contribution is -2.35. The van der Waals surface area contributed by atoms with Crippen LogP contribution in [0.25, 0.3) is 60.3 Å². The molecule has 0 atom stereocenters. The molecule has 196 valence electrons. The third-order valence-electron chi connectivity index (χ3n) is 9.61. The van der Waals surface area contributed by atoms with E-state index in [1.807, 2.05) is 0 Å². The van der Waals surface area contributed by atoms with E-state index in [-0.39, 0.29) is 10.8 Å². The van der Waals surface area contributed by atoms with Crippen molar-refractivity contribution in [3.63, 3.8) is 0 Å². The smallest absolute Gasteiger partial charge is 0.217 e. The second kappa shape index (κ2) is 7.52. The molecule has 0 saturated heterocycles. The molecule has 7 aromatic rings. The van der Waals surface area contributed by atoms with Crippen molar-refractivity contribution in [3.05, 3.63) is 107 Å². The highest BCUT2D eigenvalue weighted by Crippen LogP contribution is 2.56. The molecular weight excluding hydrogens is 484 g/mol. The Morgan fingerprint density at radius 1 is 0.725 bits per heavy atom. The summed E-state index contributed by atoms with van der Waals surface area (Å²) in [5.41, 5.74) is 13.6. The molecule has 0 saturated carbocycles. The van der Waals surface area contributed by atoms with Crippen LogP contribution < -0.4 is 4.57 Å². The molecule has 3 heterocycles. The molecule has 0 aliphatic heterocycles. The van der Waals surface area contributed by atoms with E-state index in [2.05, 4.69) is 143 Å². The van der Waals surface area contributed by atoms with E-state index in [1.165, 1.54) is 82.7 Å². The summed E-state index contributed by atoms with van der Waals surface area (Å²) in [6, 6.07) is 29.6. The number of rotatable bonds is 1. The van der Waals surface area contributed by atoms with Crippen molar-refractivity contribution in [1.82, 2.24) is 4.40 Å². The fourth-order valence-corrected chi connectivity index (χ4v) is 7.88. The van der Waals surface area contributed by atoms with Crippen LogP contribution in [0.1, 0.15) is 57.0 Å². The second-order valence-electron chi connectivity index (χ2n) is 13.4. The number of hydrogen-bond acceptors (Lipinski definition) is 0. The molecule has 2 nitrogen and oxygen atoms in total. The van der Waals surface area contributed by atoms with Crippen molar-refractivity contribution in [2.45, 2.75) is 52.4 Å². The van der Waals surface area contributed by atoms with Crippen molar-refractivity contribution in [3.8, 4) is 22.4 Å². The lowest BCUT2D eigenvalue weighted by Gasteiger charge is -2.26. The average molecular weight is 520 g/mol. The zero-order chi connectivity index (χ0) is 27.7. The number of benzene rings is 4. The zero-order valence-corrected chi connectivity index (χ0v) is 24.5. The highest BCUT2D eigenvalue weighted by Gasteiger charge is 2.46. The number of aromatic nitrogens is 2. The lowest BCUT2D eigenvalue weighted by molar-refractivity contribution is -0.660. The van der Waals surface area contributed by atoms with Crippen LogP contribution >= 0.6 is 0 Å². The van der Waals surface area contributed by atoms with Gasteiger partial charge < -0.3 is 4.40 Å². The summed E-state index contributed by atoms with van der Waals surface area (Å²) in [7, 11) is 2.22. The van der Waals surface area contributed by atoms with E-state index >= 15 is 0 Å². The maximum atomic E-state index is 2.58. The summed E-state index contributed by atoms with van der Waals surface area (Å²) < 4.78 is 4.94. The molecule has 3 aromatic heterocycles. The Balaban J connectivity index is 1.53. The van der Waals surface area contributed by atoms with Gasteiger partial charge in [-0.1, -0.05) is 81.4 Å². The predicted octanol–water partition coefficient (Wildman–Crippen LogP) is 9.24. The number of pyridine rings is 1. The van der Waals surface area contributed by atoms with Crippen molar-refractivity contribution in [2.75, 3.05) is 0 Å². The number of hydrogen-bond donors (Lipinski definition) is 0. The van der Waals surface area contributed by atoms with E-state index < -0.39 is 0 Å². The van der Waals surface area contributed by atoms with Gasteiger partial charge in [-0.25, -0.2) is 4.57 Å². The highest BCUT2D eigenvalue weighted by molar-refractivity contribution is 6.20. The first-order chi connectivity index (χ1) is 19.1.